The number of urea groups is 2. The zero-order valence-electron chi connectivity index (χ0n) is 12.2. The van der Waals surface area contributed by atoms with Crippen LogP contribution in [0.2, 0.25) is 0 Å². The molecule has 0 saturated carbocycles. The molecule has 8 nitrogen and oxygen atoms in total. The molecule has 1 aromatic carbocycles. The molecular weight excluding hydrogens is 288 g/mol. The monoisotopic (exact) mass is 304 g/mol. The number of hydrogen-bond donors (Lipinski definition) is 2. The van der Waals surface area contributed by atoms with E-state index < -0.39 is 12.1 Å². The summed E-state index contributed by atoms with van der Waals surface area (Å²) in [5, 5.41) is 2.66. The summed E-state index contributed by atoms with van der Waals surface area (Å²) in [6.45, 7) is 3.41. The van der Waals surface area contributed by atoms with Crippen molar-refractivity contribution in [3.05, 3.63) is 18.2 Å². The predicted molar refractivity (Wildman–Crippen MR) is 78.8 cm³/mol. The second kappa shape index (κ2) is 4.90. The van der Waals surface area contributed by atoms with Crippen molar-refractivity contribution in [3.63, 3.8) is 0 Å². The molecule has 0 radical (unpaired) electrons. The maximum Gasteiger partial charge on any atom is 0.333 e. The lowest BCUT2D eigenvalue weighted by Gasteiger charge is -2.35. The molecule has 2 unspecified atom stereocenters. The van der Waals surface area contributed by atoms with Crippen LogP contribution in [-0.4, -0.2) is 41.6 Å². The molecule has 3 N–H and O–H groups in total. The molecule has 0 aromatic heterocycles. The van der Waals surface area contributed by atoms with E-state index >= 15 is 0 Å². The maximum absolute atomic E-state index is 12.4. The minimum absolute atomic E-state index is 0.180. The normalized spacial score (nSPS) is 22.7. The zero-order chi connectivity index (χ0) is 16.0. The number of nitrogens with one attached hydrogen (secondary N) is 1. The van der Waals surface area contributed by atoms with Crippen LogP contribution >= 0.6 is 0 Å². The molecule has 8 heteroatoms. The predicted octanol–water partition coefficient (Wildman–Crippen LogP) is 1.12. The fraction of sp³-hybridized carbons (Fsp3) is 0.357. The van der Waals surface area contributed by atoms with E-state index in [0.717, 1.165) is 4.90 Å². The summed E-state index contributed by atoms with van der Waals surface area (Å²) in [4.78, 5) is 37.5. The van der Waals surface area contributed by atoms with Crippen LogP contribution in [0.4, 0.5) is 21.0 Å². The number of anilines is 2. The van der Waals surface area contributed by atoms with Crippen LogP contribution in [0.25, 0.3) is 0 Å². The van der Waals surface area contributed by atoms with E-state index in [1.807, 2.05) is 6.92 Å². The molecule has 0 spiro atoms. The van der Waals surface area contributed by atoms with E-state index in [0.29, 0.717) is 17.1 Å². The number of benzene rings is 1. The van der Waals surface area contributed by atoms with Crippen LogP contribution in [0.3, 0.4) is 0 Å². The van der Waals surface area contributed by atoms with Gasteiger partial charge in [-0.05, 0) is 25.1 Å². The first-order valence-electron chi connectivity index (χ1n) is 6.87. The molecule has 2 aliphatic rings. The molecule has 1 saturated heterocycles. The number of nitrogens with two attached hydrogens (primary N) is 1. The second-order valence-corrected chi connectivity index (χ2v) is 5.36. The summed E-state index contributed by atoms with van der Waals surface area (Å²) in [5.74, 6) is 0.311. The SMILES string of the molecule is CC(=O)Nc1ccc2c(c1)N1C(=O)N(C(N)=O)CC1C(C)O2. The molecule has 116 valence electrons. The quantitative estimate of drug-likeness (QED) is 0.811. The maximum atomic E-state index is 12.4. The average molecular weight is 304 g/mol. The van der Waals surface area contributed by atoms with Crippen molar-refractivity contribution in [2.75, 3.05) is 16.8 Å². The van der Waals surface area contributed by atoms with Gasteiger partial charge >= 0.3 is 12.1 Å². The Labute approximate surface area is 126 Å². The topological polar surface area (TPSA) is 105 Å². The van der Waals surface area contributed by atoms with Crippen LogP contribution in [0.1, 0.15) is 13.8 Å². The molecule has 2 aliphatic heterocycles. The van der Waals surface area contributed by atoms with E-state index in [4.69, 9.17) is 10.5 Å². The largest absolute Gasteiger partial charge is 0.486 e. The number of carbonyl (C=O) groups is 3. The Hall–Kier alpha value is -2.77. The number of ether oxygens (including phenoxy) is 1. The Morgan fingerprint density at radius 3 is 2.77 bits per heavy atom. The van der Waals surface area contributed by atoms with Crippen molar-refractivity contribution in [1.29, 1.82) is 0 Å². The van der Waals surface area contributed by atoms with Gasteiger partial charge in [0, 0.05) is 12.6 Å². The molecule has 1 aromatic rings. The third kappa shape index (κ3) is 2.12. The fourth-order valence-corrected chi connectivity index (χ4v) is 2.81. The van der Waals surface area contributed by atoms with Crippen molar-refractivity contribution in [2.45, 2.75) is 26.0 Å². The number of primary amides is 1. The van der Waals surface area contributed by atoms with E-state index in [1.165, 1.54) is 11.8 Å². The summed E-state index contributed by atoms with van der Waals surface area (Å²) in [6, 6.07) is 3.46. The Morgan fingerprint density at radius 1 is 1.41 bits per heavy atom. The Morgan fingerprint density at radius 2 is 2.14 bits per heavy atom. The molecule has 1 fully saturated rings. The molecule has 0 aliphatic carbocycles. The lowest BCUT2D eigenvalue weighted by atomic mass is 10.1. The number of amides is 5. The number of hydrogen-bond acceptors (Lipinski definition) is 4. The van der Waals surface area contributed by atoms with Crippen molar-refractivity contribution in [1.82, 2.24) is 4.90 Å². The Kier molecular flexibility index (Phi) is 3.16. The van der Waals surface area contributed by atoms with Gasteiger partial charge in [0.05, 0.1) is 18.3 Å². The lowest BCUT2D eigenvalue weighted by molar-refractivity contribution is -0.114. The summed E-state index contributed by atoms with van der Waals surface area (Å²) >= 11 is 0. The number of imide groups is 1. The van der Waals surface area contributed by atoms with Crippen molar-refractivity contribution >= 4 is 29.3 Å². The van der Waals surface area contributed by atoms with Gasteiger partial charge in [0.25, 0.3) is 0 Å². The standard InChI is InChI=1S/C14H16N4O4/c1-7-11-6-17(13(15)20)14(21)18(11)10-5-9(16-8(2)19)3-4-12(10)22-7/h3-5,7,11H,6H2,1-2H3,(H2,15,20)(H,16,19). The number of fused-ring (bicyclic) bond motifs is 3. The second-order valence-electron chi connectivity index (χ2n) is 5.36. The van der Waals surface area contributed by atoms with Crippen LogP contribution < -0.4 is 20.7 Å². The molecule has 3 rings (SSSR count). The first-order chi connectivity index (χ1) is 10.4. The van der Waals surface area contributed by atoms with Crippen molar-refractivity contribution < 1.29 is 19.1 Å². The summed E-state index contributed by atoms with van der Waals surface area (Å²) in [5.41, 5.74) is 6.31. The van der Waals surface area contributed by atoms with E-state index in [9.17, 15) is 14.4 Å². The molecule has 22 heavy (non-hydrogen) atoms. The van der Waals surface area contributed by atoms with Gasteiger partial charge in [0.1, 0.15) is 11.9 Å². The summed E-state index contributed by atoms with van der Waals surface area (Å²) in [6.07, 6.45) is -0.271. The molecule has 5 amide bonds. The number of rotatable bonds is 1. The van der Waals surface area contributed by atoms with Gasteiger partial charge < -0.3 is 15.8 Å². The average Bonchev–Trinajstić information content (AvgIpc) is 2.78. The van der Waals surface area contributed by atoms with Crippen molar-refractivity contribution in [3.8, 4) is 5.75 Å². The third-order valence-electron chi connectivity index (χ3n) is 3.80. The minimum atomic E-state index is -0.786. The zero-order valence-corrected chi connectivity index (χ0v) is 12.2. The number of nitrogens with zero attached hydrogens (tertiary/aromatic N) is 2. The van der Waals surface area contributed by atoms with Crippen LogP contribution in [0, 0.1) is 0 Å². The van der Waals surface area contributed by atoms with Crippen LogP contribution in [0.5, 0.6) is 5.75 Å². The molecule has 2 atom stereocenters. The highest BCUT2D eigenvalue weighted by molar-refractivity contribution is 6.06. The summed E-state index contributed by atoms with van der Waals surface area (Å²) in [7, 11) is 0. The first-order valence-corrected chi connectivity index (χ1v) is 6.87. The number of carbonyl (C=O) groups excluding carboxylic acids is 3. The van der Waals surface area contributed by atoms with Gasteiger partial charge in [-0.25, -0.2) is 14.5 Å². The highest BCUT2D eigenvalue weighted by Gasteiger charge is 2.47. The van der Waals surface area contributed by atoms with Crippen LogP contribution in [-0.2, 0) is 4.79 Å². The highest BCUT2D eigenvalue weighted by Crippen LogP contribution is 2.41. The van der Waals surface area contributed by atoms with Crippen molar-refractivity contribution in [2.24, 2.45) is 5.73 Å². The summed E-state index contributed by atoms with van der Waals surface area (Å²) < 4.78 is 5.80. The third-order valence-corrected chi connectivity index (χ3v) is 3.80. The van der Waals surface area contributed by atoms with E-state index in [1.54, 1.807) is 18.2 Å². The highest BCUT2D eigenvalue weighted by atomic mass is 16.5. The van der Waals surface area contributed by atoms with Crippen LogP contribution in [0.15, 0.2) is 18.2 Å². The Bertz CT molecular complexity index is 675. The lowest BCUT2D eigenvalue weighted by Crippen LogP contribution is -2.47. The van der Waals surface area contributed by atoms with Gasteiger partial charge in [-0.15, -0.1) is 0 Å². The first kappa shape index (κ1) is 14.2. The van der Waals surface area contributed by atoms with E-state index in [2.05, 4.69) is 5.32 Å². The molecule has 0 bridgehead atoms. The molecule has 2 heterocycles. The van der Waals surface area contributed by atoms with Gasteiger partial charge in [0.15, 0.2) is 0 Å². The minimum Gasteiger partial charge on any atom is -0.486 e. The Balaban J connectivity index is 2.03. The van der Waals surface area contributed by atoms with Gasteiger partial charge in [0.2, 0.25) is 5.91 Å². The fourth-order valence-electron chi connectivity index (χ4n) is 2.81. The van der Waals surface area contributed by atoms with E-state index in [-0.39, 0.29) is 24.6 Å². The molecular formula is C14H16N4O4. The smallest absolute Gasteiger partial charge is 0.333 e. The van der Waals surface area contributed by atoms with Gasteiger partial charge in [-0.2, -0.15) is 0 Å². The van der Waals surface area contributed by atoms with Gasteiger partial charge in [-0.1, -0.05) is 0 Å². The van der Waals surface area contributed by atoms with Gasteiger partial charge in [-0.3, -0.25) is 9.69 Å².